The first-order chi connectivity index (χ1) is 6.66. The summed E-state index contributed by atoms with van der Waals surface area (Å²) in [5.74, 6) is 0. The third kappa shape index (κ3) is 9.96. The van der Waals surface area contributed by atoms with Gasteiger partial charge in [-0.3, -0.25) is 0 Å². The van der Waals surface area contributed by atoms with Gasteiger partial charge in [-0.25, -0.2) is 0 Å². The zero-order valence-corrected chi connectivity index (χ0v) is 9.66. The van der Waals surface area contributed by atoms with Crippen LogP contribution in [0.15, 0.2) is 0 Å². The maximum absolute atomic E-state index is 9.25. The van der Waals surface area contributed by atoms with Gasteiger partial charge in [0.2, 0.25) is 0 Å². The maximum atomic E-state index is 9.25. The fourth-order valence-electron chi connectivity index (χ4n) is 1.07. The lowest BCUT2D eigenvalue weighted by molar-refractivity contribution is 0.0164. The van der Waals surface area contributed by atoms with Crippen LogP contribution in [0.2, 0.25) is 0 Å². The van der Waals surface area contributed by atoms with Crippen molar-refractivity contribution in [2.75, 3.05) is 19.8 Å². The Morgan fingerprint density at radius 2 is 1.86 bits per heavy atom. The van der Waals surface area contributed by atoms with E-state index in [0.717, 1.165) is 25.9 Å². The molecule has 0 fully saturated rings. The smallest absolute Gasteiger partial charge is 0.0703 e. The molecular formula is C11H24O3. The molecule has 0 spiro atoms. The molecule has 3 nitrogen and oxygen atoms in total. The van der Waals surface area contributed by atoms with E-state index in [-0.39, 0.29) is 12.2 Å². The molecular weight excluding hydrogens is 180 g/mol. The van der Waals surface area contributed by atoms with E-state index in [2.05, 4.69) is 0 Å². The molecule has 0 aromatic carbocycles. The lowest BCUT2D eigenvalue weighted by Crippen LogP contribution is -2.11. The zero-order valence-electron chi connectivity index (χ0n) is 9.66. The van der Waals surface area contributed by atoms with E-state index in [0.29, 0.717) is 13.2 Å². The molecule has 0 aromatic rings. The molecule has 0 aliphatic carbocycles. The number of ether oxygens (including phenoxy) is 2. The average molecular weight is 204 g/mol. The van der Waals surface area contributed by atoms with Crippen molar-refractivity contribution in [2.24, 2.45) is 0 Å². The van der Waals surface area contributed by atoms with Crippen molar-refractivity contribution in [1.82, 2.24) is 0 Å². The van der Waals surface area contributed by atoms with Crippen molar-refractivity contribution in [3.05, 3.63) is 0 Å². The van der Waals surface area contributed by atoms with Crippen molar-refractivity contribution in [3.8, 4) is 0 Å². The third-order valence-corrected chi connectivity index (χ3v) is 1.98. The predicted molar refractivity (Wildman–Crippen MR) is 57.4 cm³/mol. The SMILES string of the molecule is CCC(O)CCCOCCOC(C)C. The fourth-order valence-corrected chi connectivity index (χ4v) is 1.07. The number of aliphatic hydroxyl groups is 1. The van der Waals surface area contributed by atoms with E-state index in [1.54, 1.807) is 0 Å². The quantitative estimate of drug-likeness (QED) is 0.584. The van der Waals surface area contributed by atoms with Gasteiger partial charge >= 0.3 is 0 Å². The molecule has 0 bridgehead atoms. The van der Waals surface area contributed by atoms with Crippen LogP contribution in [0.25, 0.3) is 0 Å². The second kappa shape index (κ2) is 9.44. The molecule has 0 aliphatic rings. The van der Waals surface area contributed by atoms with E-state index in [4.69, 9.17) is 9.47 Å². The first kappa shape index (κ1) is 13.9. The van der Waals surface area contributed by atoms with Gasteiger partial charge in [-0.15, -0.1) is 0 Å². The van der Waals surface area contributed by atoms with E-state index in [9.17, 15) is 5.11 Å². The highest BCUT2D eigenvalue weighted by atomic mass is 16.5. The Balaban J connectivity index is 2.99. The van der Waals surface area contributed by atoms with Crippen LogP contribution in [0.1, 0.15) is 40.0 Å². The second-order valence-electron chi connectivity index (χ2n) is 3.74. The summed E-state index contributed by atoms with van der Waals surface area (Å²) in [5, 5.41) is 9.25. The Labute approximate surface area is 87.4 Å². The third-order valence-electron chi connectivity index (χ3n) is 1.98. The molecule has 3 heteroatoms. The highest BCUT2D eigenvalue weighted by molar-refractivity contribution is 4.51. The summed E-state index contributed by atoms with van der Waals surface area (Å²) in [4.78, 5) is 0. The van der Waals surface area contributed by atoms with Crippen LogP contribution in [-0.2, 0) is 9.47 Å². The summed E-state index contributed by atoms with van der Waals surface area (Å²) in [6.07, 6.45) is 2.71. The molecule has 1 unspecified atom stereocenters. The van der Waals surface area contributed by atoms with E-state index in [1.807, 2.05) is 20.8 Å². The minimum Gasteiger partial charge on any atom is -0.393 e. The van der Waals surface area contributed by atoms with E-state index >= 15 is 0 Å². The highest BCUT2D eigenvalue weighted by Crippen LogP contribution is 2.00. The highest BCUT2D eigenvalue weighted by Gasteiger charge is 1.99. The van der Waals surface area contributed by atoms with Gasteiger partial charge in [-0.2, -0.15) is 0 Å². The zero-order chi connectivity index (χ0) is 10.8. The first-order valence-corrected chi connectivity index (χ1v) is 5.54. The number of hydrogen-bond acceptors (Lipinski definition) is 3. The van der Waals surface area contributed by atoms with Gasteiger partial charge in [-0.05, 0) is 33.1 Å². The molecule has 0 amide bonds. The van der Waals surface area contributed by atoms with Gasteiger partial charge in [-0.1, -0.05) is 6.92 Å². The normalized spacial score (nSPS) is 13.5. The fraction of sp³-hybridized carbons (Fsp3) is 1.00. The number of rotatable bonds is 9. The van der Waals surface area contributed by atoms with Gasteiger partial charge in [0.25, 0.3) is 0 Å². The van der Waals surface area contributed by atoms with Crippen LogP contribution in [-0.4, -0.2) is 37.1 Å². The van der Waals surface area contributed by atoms with Crippen molar-refractivity contribution in [1.29, 1.82) is 0 Å². The Kier molecular flexibility index (Phi) is 9.35. The standard InChI is InChI=1S/C11H24O3/c1-4-11(12)6-5-7-13-8-9-14-10(2)3/h10-12H,4-9H2,1-3H3. The Hall–Kier alpha value is -0.120. The Morgan fingerprint density at radius 3 is 2.43 bits per heavy atom. The summed E-state index contributed by atoms with van der Waals surface area (Å²) in [6.45, 7) is 8.05. The maximum Gasteiger partial charge on any atom is 0.0703 e. The average Bonchev–Trinajstić information content (AvgIpc) is 2.15. The molecule has 0 radical (unpaired) electrons. The van der Waals surface area contributed by atoms with Gasteiger partial charge in [0, 0.05) is 6.61 Å². The summed E-state index contributed by atoms with van der Waals surface area (Å²) < 4.78 is 10.7. The minimum atomic E-state index is -0.162. The summed E-state index contributed by atoms with van der Waals surface area (Å²) in [5.41, 5.74) is 0. The molecule has 86 valence electrons. The predicted octanol–water partition coefficient (Wildman–Crippen LogP) is 1.98. The molecule has 0 saturated carbocycles. The lowest BCUT2D eigenvalue weighted by atomic mass is 10.2. The van der Waals surface area contributed by atoms with Crippen molar-refractivity contribution < 1.29 is 14.6 Å². The Bertz CT molecular complexity index is 115. The topological polar surface area (TPSA) is 38.7 Å². The van der Waals surface area contributed by atoms with Crippen LogP contribution in [0.3, 0.4) is 0 Å². The minimum absolute atomic E-state index is 0.162. The van der Waals surface area contributed by atoms with Crippen LogP contribution >= 0.6 is 0 Å². The number of hydrogen-bond donors (Lipinski definition) is 1. The molecule has 14 heavy (non-hydrogen) atoms. The Morgan fingerprint density at radius 1 is 1.14 bits per heavy atom. The first-order valence-electron chi connectivity index (χ1n) is 5.54. The molecule has 1 atom stereocenters. The largest absolute Gasteiger partial charge is 0.393 e. The van der Waals surface area contributed by atoms with Crippen molar-refractivity contribution in [3.63, 3.8) is 0 Å². The van der Waals surface area contributed by atoms with Crippen molar-refractivity contribution in [2.45, 2.75) is 52.2 Å². The van der Waals surface area contributed by atoms with Crippen LogP contribution < -0.4 is 0 Å². The molecule has 0 saturated heterocycles. The summed E-state index contributed by atoms with van der Waals surface area (Å²) in [7, 11) is 0. The molecule has 0 aromatic heterocycles. The van der Waals surface area contributed by atoms with Crippen molar-refractivity contribution >= 4 is 0 Å². The van der Waals surface area contributed by atoms with Crippen LogP contribution in [0.4, 0.5) is 0 Å². The summed E-state index contributed by atoms with van der Waals surface area (Å²) >= 11 is 0. The van der Waals surface area contributed by atoms with Gasteiger partial charge < -0.3 is 14.6 Å². The summed E-state index contributed by atoms with van der Waals surface area (Å²) in [6, 6.07) is 0. The monoisotopic (exact) mass is 204 g/mol. The van der Waals surface area contributed by atoms with Gasteiger partial charge in [0.05, 0.1) is 25.4 Å². The molecule has 0 aliphatic heterocycles. The lowest BCUT2D eigenvalue weighted by Gasteiger charge is -2.09. The van der Waals surface area contributed by atoms with Gasteiger partial charge in [0.1, 0.15) is 0 Å². The molecule has 0 heterocycles. The van der Waals surface area contributed by atoms with E-state index in [1.165, 1.54) is 0 Å². The number of aliphatic hydroxyl groups excluding tert-OH is 1. The molecule has 1 N–H and O–H groups in total. The van der Waals surface area contributed by atoms with Gasteiger partial charge in [0.15, 0.2) is 0 Å². The van der Waals surface area contributed by atoms with Crippen LogP contribution in [0, 0.1) is 0 Å². The molecule has 0 rings (SSSR count). The van der Waals surface area contributed by atoms with Crippen LogP contribution in [0.5, 0.6) is 0 Å². The van der Waals surface area contributed by atoms with E-state index < -0.39 is 0 Å². The second-order valence-corrected chi connectivity index (χ2v) is 3.74.